The lowest BCUT2D eigenvalue weighted by atomic mass is 9.44. The van der Waals surface area contributed by atoms with E-state index in [-0.39, 0.29) is 52.7 Å². The Morgan fingerprint density at radius 3 is 2.35 bits per heavy atom. The van der Waals surface area contributed by atoms with Crippen molar-refractivity contribution in [3.8, 4) is 5.75 Å². The summed E-state index contributed by atoms with van der Waals surface area (Å²) in [6.45, 7) is -0.212. The van der Waals surface area contributed by atoms with Crippen molar-refractivity contribution in [1.29, 1.82) is 0 Å². The number of nitrogens with one attached hydrogen (secondary N) is 2. The number of amides is 2. The molecule has 2 aromatic rings. The van der Waals surface area contributed by atoms with E-state index in [1.807, 2.05) is 30.3 Å². The molecule has 1 atom stereocenters. The molecule has 5 rings (SSSR count). The van der Waals surface area contributed by atoms with Crippen molar-refractivity contribution >= 4 is 23.4 Å². The molecule has 3 fully saturated rings. The van der Waals surface area contributed by atoms with Gasteiger partial charge in [0, 0.05) is 29.6 Å². The predicted molar refractivity (Wildman–Crippen MR) is 115 cm³/mol. The number of benzene rings is 2. The number of ether oxygens (including phenoxy) is 1. The summed E-state index contributed by atoms with van der Waals surface area (Å²) in [4.78, 5) is 24.6. The summed E-state index contributed by atoms with van der Waals surface area (Å²) in [5.41, 5.74) is 6.71. The molecule has 4 N–H and O–H groups in total. The molecule has 2 bridgehead atoms. The van der Waals surface area contributed by atoms with Crippen LogP contribution in [0.3, 0.4) is 0 Å². The van der Waals surface area contributed by atoms with Crippen LogP contribution in [0.15, 0.2) is 48.5 Å². The Hall–Kier alpha value is -2.64. The molecule has 3 saturated carbocycles. The van der Waals surface area contributed by atoms with Crippen LogP contribution in [0.2, 0.25) is 5.02 Å². The van der Waals surface area contributed by atoms with Crippen LogP contribution in [0.5, 0.6) is 5.75 Å². The van der Waals surface area contributed by atoms with Crippen molar-refractivity contribution in [2.45, 2.75) is 49.2 Å². The maximum atomic E-state index is 13.4. The number of carbonyl (C=O) groups excluding carboxylic acids is 2. The number of nitrogens with two attached hydrogens (primary N) is 1. The van der Waals surface area contributed by atoms with Crippen molar-refractivity contribution < 1.29 is 18.7 Å². The topological polar surface area (TPSA) is 93.5 Å². The zero-order valence-electron chi connectivity index (χ0n) is 17.0. The summed E-state index contributed by atoms with van der Waals surface area (Å²) < 4.78 is 18.7. The van der Waals surface area contributed by atoms with Gasteiger partial charge in [-0.2, -0.15) is 0 Å². The van der Waals surface area contributed by atoms with Crippen LogP contribution >= 0.6 is 11.6 Å². The van der Waals surface area contributed by atoms with E-state index < -0.39 is 5.82 Å². The minimum Gasteiger partial charge on any atom is -0.484 e. The molecule has 3 aliphatic carbocycles. The molecule has 0 saturated heterocycles. The van der Waals surface area contributed by atoms with Crippen molar-refractivity contribution in [2.75, 3.05) is 6.61 Å². The average molecular weight is 446 g/mol. The first-order chi connectivity index (χ1) is 14.8. The maximum Gasteiger partial charge on any atom is 0.258 e. The summed E-state index contributed by atoms with van der Waals surface area (Å²) in [6, 6.07) is 13.6. The zero-order valence-corrected chi connectivity index (χ0v) is 17.8. The number of carbonyl (C=O) groups is 2. The van der Waals surface area contributed by atoms with Crippen molar-refractivity contribution in [2.24, 2.45) is 5.73 Å². The Bertz CT molecular complexity index is 966. The van der Waals surface area contributed by atoms with Gasteiger partial charge in [-0.3, -0.25) is 9.59 Å². The van der Waals surface area contributed by atoms with Gasteiger partial charge in [-0.1, -0.05) is 41.9 Å². The highest BCUT2D eigenvalue weighted by atomic mass is 35.5. The van der Waals surface area contributed by atoms with Crippen LogP contribution in [-0.2, 0) is 16.0 Å². The molecule has 2 aromatic carbocycles. The highest BCUT2D eigenvalue weighted by molar-refractivity contribution is 6.30. The fourth-order valence-electron chi connectivity index (χ4n) is 4.67. The van der Waals surface area contributed by atoms with Gasteiger partial charge in [-0.05, 0) is 43.4 Å². The zero-order chi connectivity index (χ0) is 22.1. The third kappa shape index (κ3) is 4.99. The molecule has 31 heavy (non-hydrogen) atoms. The Balaban J connectivity index is 1.16. The summed E-state index contributed by atoms with van der Waals surface area (Å²) in [7, 11) is 0. The molecule has 0 spiro atoms. The molecule has 0 radical (unpaired) electrons. The molecule has 164 valence electrons. The fraction of sp³-hybridized carbons (Fsp3) is 0.391. The highest BCUT2D eigenvalue weighted by Gasteiger charge is 2.69. The van der Waals surface area contributed by atoms with E-state index >= 15 is 0 Å². The van der Waals surface area contributed by atoms with Gasteiger partial charge in [0.2, 0.25) is 5.91 Å². The van der Waals surface area contributed by atoms with E-state index in [1.54, 1.807) is 0 Å². The predicted octanol–water partition coefficient (Wildman–Crippen LogP) is 2.73. The van der Waals surface area contributed by atoms with Gasteiger partial charge in [0.15, 0.2) is 6.61 Å². The fourth-order valence-corrected chi connectivity index (χ4v) is 4.79. The average Bonchev–Trinajstić information content (AvgIpc) is 2.67. The molecule has 0 unspecified atom stereocenters. The molecule has 2 amide bonds. The molecule has 0 aliphatic heterocycles. The van der Waals surface area contributed by atoms with Gasteiger partial charge in [-0.15, -0.1) is 0 Å². The largest absolute Gasteiger partial charge is 0.484 e. The van der Waals surface area contributed by atoms with Crippen LogP contribution in [0.25, 0.3) is 0 Å². The maximum absolute atomic E-state index is 13.4. The van der Waals surface area contributed by atoms with Gasteiger partial charge in [-0.25, -0.2) is 4.39 Å². The van der Waals surface area contributed by atoms with Crippen LogP contribution < -0.4 is 21.1 Å². The minimum absolute atomic E-state index is 0.000893. The summed E-state index contributed by atoms with van der Waals surface area (Å²) in [5.74, 6) is -0.693. The molecule has 0 heterocycles. The standard InChI is InChI=1S/C23H25ClFN3O3/c24-18-7-6-17(10-19(18)25)31-11-21(30)28-23-12-22(13-23,14-23)27-20(29)9-16(26)8-15-4-2-1-3-5-15/h1-7,10,16H,8-9,11-14,26H2,(H,27,29)(H,28,30)/t16-,22?,23?/m0/s1. The van der Waals surface area contributed by atoms with E-state index in [9.17, 15) is 14.0 Å². The lowest BCUT2D eigenvalue weighted by Gasteiger charge is -2.70. The first-order valence-corrected chi connectivity index (χ1v) is 10.6. The molecule has 0 aromatic heterocycles. The molecular formula is C23H25ClFN3O3. The van der Waals surface area contributed by atoms with Crippen molar-refractivity contribution in [3.05, 3.63) is 64.9 Å². The van der Waals surface area contributed by atoms with E-state index in [0.717, 1.165) is 11.6 Å². The van der Waals surface area contributed by atoms with Gasteiger partial charge < -0.3 is 21.1 Å². The van der Waals surface area contributed by atoms with Gasteiger partial charge in [0.25, 0.3) is 5.91 Å². The summed E-state index contributed by atoms with van der Waals surface area (Å²) in [6.07, 6.45) is 3.00. The molecular weight excluding hydrogens is 421 g/mol. The first-order valence-electron chi connectivity index (χ1n) is 10.3. The van der Waals surface area contributed by atoms with Gasteiger partial charge >= 0.3 is 0 Å². The van der Waals surface area contributed by atoms with Crippen LogP contribution in [-0.4, -0.2) is 35.5 Å². The molecule has 8 heteroatoms. The van der Waals surface area contributed by atoms with E-state index in [4.69, 9.17) is 22.1 Å². The van der Waals surface area contributed by atoms with E-state index in [1.165, 1.54) is 12.1 Å². The van der Waals surface area contributed by atoms with Crippen molar-refractivity contribution in [1.82, 2.24) is 10.6 Å². The van der Waals surface area contributed by atoms with Crippen LogP contribution in [0.4, 0.5) is 4.39 Å². The quantitative estimate of drug-likeness (QED) is 0.553. The third-order valence-electron chi connectivity index (χ3n) is 5.89. The Morgan fingerprint density at radius 1 is 1.06 bits per heavy atom. The Labute approximate surface area is 185 Å². The second kappa shape index (κ2) is 8.48. The number of hydrogen-bond donors (Lipinski definition) is 3. The summed E-state index contributed by atoms with van der Waals surface area (Å²) >= 11 is 5.63. The second-order valence-corrected chi connectivity index (χ2v) is 9.11. The number of halogens is 2. The minimum atomic E-state index is -0.597. The molecule has 3 aliphatic rings. The van der Waals surface area contributed by atoms with Gasteiger partial charge in [0.1, 0.15) is 11.6 Å². The summed E-state index contributed by atoms with van der Waals surface area (Å²) in [5, 5.41) is 6.05. The number of rotatable bonds is 9. The lowest BCUT2D eigenvalue weighted by Crippen LogP contribution is -2.84. The highest BCUT2D eigenvalue weighted by Crippen LogP contribution is 2.60. The monoisotopic (exact) mass is 445 g/mol. The van der Waals surface area contributed by atoms with Crippen LogP contribution in [0, 0.1) is 5.82 Å². The second-order valence-electron chi connectivity index (χ2n) is 8.71. The van der Waals surface area contributed by atoms with E-state index in [0.29, 0.717) is 25.7 Å². The van der Waals surface area contributed by atoms with Gasteiger partial charge in [0.05, 0.1) is 5.02 Å². The van der Waals surface area contributed by atoms with Crippen molar-refractivity contribution in [3.63, 3.8) is 0 Å². The Kier molecular flexibility index (Phi) is 5.90. The number of hydrogen-bond acceptors (Lipinski definition) is 4. The normalized spacial score (nSPS) is 24.4. The lowest BCUT2D eigenvalue weighted by molar-refractivity contribution is -0.150. The molecule has 6 nitrogen and oxygen atoms in total. The van der Waals surface area contributed by atoms with E-state index in [2.05, 4.69) is 10.6 Å². The first kappa shape index (κ1) is 21.6. The smallest absolute Gasteiger partial charge is 0.258 e. The third-order valence-corrected chi connectivity index (χ3v) is 6.20. The van der Waals surface area contributed by atoms with Crippen LogP contribution in [0.1, 0.15) is 31.2 Å². The SMILES string of the molecule is N[C@H](CC(=O)NC12CC(NC(=O)COc3ccc(Cl)c(F)c3)(C1)C2)Cc1ccccc1. The Morgan fingerprint density at radius 2 is 1.71 bits per heavy atom.